The molecule has 0 aliphatic carbocycles. The number of benzene rings is 2. The van der Waals surface area contributed by atoms with Crippen molar-refractivity contribution in [3.05, 3.63) is 82.6 Å². The molecule has 2 aromatic carbocycles. The number of urea groups is 1. The fourth-order valence-electron chi connectivity index (χ4n) is 2.58. The first kappa shape index (κ1) is 23.5. The maximum Gasteiger partial charge on any atom is 0.416 e. The Hall–Kier alpha value is -3.12. The molecule has 168 valence electrons. The zero-order valence-electron chi connectivity index (χ0n) is 16.2. The summed E-state index contributed by atoms with van der Waals surface area (Å²) in [4.78, 5) is 15.4. The van der Waals surface area contributed by atoms with Crippen LogP contribution in [-0.2, 0) is 22.7 Å². The summed E-state index contributed by atoms with van der Waals surface area (Å²) in [6, 6.07) is 11.1. The molecular formula is C20H16BrF3N4O3S. The number of carbonyl (C=O) groups excluding carboxylic acids is 1. The SMILES string of the molecule is O=C(NCc1cccnc1)Nc1ccc(NS(=O)(=O)c2cc(C(F)(F)F)ccc2Br)cc1. The van der Waals surface area contributed by atoms with Crippen molar-refractivity contribution in [1.29, 1.82) is 0 Å². The van der Waals surface area contributed by atoms with E-state index in [4.69, 9.17) is 0 Å². The van der Waals surface area contributed by atoms with E-state index in [1.807, 2.05) is 0 Å². The highest BCUT2D eigenvalue weighted by Gasteiger charge is 2.32. The fraction of sp³-hybridized carbons (Fsp3) is 0.100. The maximum absolute atomic E-state index is 12.9. The van der Waals surface area contributed by atoms with E-state index in [1.165, 1.54) is 24.3 Å². The molecule has 7 nitrogen and oxygen atoms in total. The quantitative estimate of drug-likeness (QED) is 0.419. The van der Waals surface area contributed by atoms with E-state index in [2.05, 4.69) is 36.3 Å². The van der Waals surface area contributed by atoms with Crippen LogP contribution in [0.1, 0.15) is 11.1 Å². The van der Waals surface area contributed by atoms with Crippen molar-refractivity contribution in [2.45, 2.75) is 17.6 Å². The predicted octanol–water partition coefficient (Wildman–Crippen LogP) is 4.99. The van der Waals surface area contributed by atoms with Gasteiger partial charge in [0, 0.05) is 34.8 Å². The Kier molecular flexibility index (Phi) is 7.04. The summed E-state index contributed by atoms with van der Waals surface area (Å²) in [6.07, 6.45) is -1.45. The summed E-state index contributed by atoms with van der Waals surface area (Å²) in [6.45, 7) is 0.267. The number of halogens is 4. The molecule has 1 heterocycles. The summed E-state index contributed by atoms with van der Waals surface area (Å²) >= 11 is 2.97. The Morgan fingerprint density at radius 1 is 1.03 bits per heavy atom. The van der Waals surface area contributed by atoms with Gasteiger partial charge >= 0.3 is 12.2 Å². The molecule has 0 fully saturated rings. The second kappa shape index (κ2) is 9.57. The van der Waals surface area contributed by atoms with Crippen molar-refractivity contribution in [3.8, 4) is 0 Å². The van der Waals surface area contributed by atoms with E-state index < -0.39 is 32.7 Å². The van der Waals surface area contributed by atoms with Crippen LogP contribution in [0.2, 0.25) is 0 Å². The van der Waals surface area contributed by atoms with Crippen LogP contribution >= 0.6 is 15.9 Å². The molecule has 0 atom stereocenters. The molecule has 0 bridgehead atoms. The topological polar surface area (TPSA) is 100 Å². The lowest BCUT2D eigenvalue weighted by Gasteiger charge is -2.13. The molecule has 0 saturated carbocycles. The van der Waals surface area contributed by atoms with Crippen LogP contribution in [0.5, 0.6) is 0 Å². The Morgan fingerprint density at radius 2 is 1.72 bits per heavy atom. The molecule has 32 heavy (non-hydrogen) atoms. The smallest absolute Gasteiger partial charge is 0.334 e. The molecular weight excluding hydrogens is 513 g/mol. The molecule has 1 aromatic heterocycles. The highest BCUT2D eigenvalue weighted by molar-refractivity contribution is 9.10. The lowest BCUT2D eigenvalue weighted by molar-refractivity contribution is -0.137. The van der Waals surface area contributed by atoms with Crippen LogP contribution in [0.25, 0.3) is 0 Å². The van der Waals surface area contributed by atoms with Gasteiger partial charge in [0.2, 0.25) is 0 Å². The lowest BCUT2D eigenvalue weighted by Crippen LogP contribution is -2.28. The Bertz CT molecular complexity index is 1210. The minimum Gasteiger partial charge on any atom is -0.334 e. The maximum atomic E-state index is 12.9. The van der Waals surface area contributed by atoms with E-state index in [0.717, 1.165) is 17.7 Å². The van der Waals surface area contributed by atoms with Gasteiger partial charge in [-0.1, -0.05) is 6.07 Å². The van der Waals surface area contributed by atoms with E-state index in [1.54, 1.807) is 24.5 Å². The predicted molar refractivity (Wildman–Crippen MR) is 116 cm³/mol. The van der Waals surface area contributed by atoms with Gasteiger partial charge in [0.05, 0.1) is 5.56 Å². The van der Waals surface area contributed by atoms with Crippen LogP contribution in [0.15, 0.2) is 76.4 Å². The molecule has 2 amide bonds. The molecule has 0 radical (unpaired) electrons. The van der Waals surface area contributed by atoms with Gasteiger partial charge < -0.3 is 10.6 Å². The van der Waals surface area contributed by atoms with E-state index in [9.17, 15) is 26.4 Å². The first-order valence-corrected chi connectivity index (χ1v) is 11.3. The average molecular weight is 529 g/mol. The monoisotopic (exact) mass is 528 g/mol. The second-order valence-corrected chi connectivity index (χ2v) is 9.00. The molecule has 0 spiro atoms. The number of rotatable bonds is 6. The molecule has 3 N–H and O–H groups in total. The average Bonchev–Trinajstić information content (AvgIpc) is 2.73. The highest BCUT2D eigenvalue weighted by atomic mass is 79.9. The number of aromatic nitrogens is 1. The normalized spacial score (nSPS) is 11.6. The van der Waals surface area contributed by atoms with Crippen molar-refractivity contribution in [2.24, 2.45) is 0 Å². The van der Waals surface area contributed by atoms with Gasteiger partial charge in [0.15, 0.2) is 0 Å². The van der Waals surface area contributed by atoms with E-state index >= 15 is 0 Å². The number of anilines is 2. The first-order chi connectivity index (χ1) is 15.0. The number of alkyl halides is 3. The van der Waals surface area contributed by atoms with Gasteiger partial charge in [-0.3, -0.25) is 9.71 Å². The van der Waals surface area contributed by atoms with Crippen molar-refractivity contribution in [1.82, 2.24) is 10.3 Å². The van der Waals surface area contributed by atoms with Gasteiger partial charge in [-0.25, -0.2) is 13.2 Å². The molecule has 0 unspecified atom stereocenters. The third kappa shape index (κ3) is 6.20. The van der Waals surface area contributed by atoms with Crippen molar-refractivity contribution < 1.29 is 26.4 Å². The Balaban J connectivity index is 1.65. The number of sulfonamides is 1. The van der Waals surface area contributed by atoms with Crippen molar-refractivity contribution in [2.75, 3.05) is 10.0 Å². The molecule has 0 aliphatic rings. The zero-order valence-corrected chi connectivity index (χ0v) is 18.6. The van der Waals surface area contributed by atoms with Gasteiger partial charge in [-0.2, -0.15) is 13.2 Å². The van der Waals surface area contributed by atoms with Crippen LogP contribution in [-0.4, -0.2) is 19.4 Å². The molecule has 3 aromatic rings. The number of nitrogens with zero attached hydrogens (tertiary/aromatic N) is 1. The summed E-state index contributed by atoms with van der Waals surface area (Å²) < 4.78 is 66.2. The van der Waals surface area contributed by atoms with Crippen LogP contribution in [0.3, 0.4) is 0 Å². The third-order valence-electron chi connectivity index (χ3n) is 4.12. The minimum atomic E-state index is -4.68. The summed E-state index contributed by atoms with van der Waals surface area (Å²) in [5.41, 5.74) is 0.221. The number of pyridine rings is 1. The molecule has 12 heteroatoms. The Labute approximate surface area is 190 Å². The second-order valence-electron chi connectivity index (χ2n) is 6.49. The zero-order chi connectivity index (χ0) is 23.4. The first-order valence-electron chi connectivity index (χ1n) is 8.98. The molecule has 0 aliphatic heterocycles. The van der Waals surface area contributed by atoms with Crippen LogP contribution < -0.4 is 15.4 Å². The summed E-state index contributed by atoms with van der Waals surface area (Å²) in [5, 5.41) is 5.23. The third-order valence-corrected chi connectivity index (χ3v) is 6.49. The Morgan fingerprint density at radius 3 is 2.34 bits per heavy atom. The van der Waals surface area contributed by atoms with Crippen molar-refractivity contribution >= 4 is 43.4 Å². The fourth-order valence-corrected chi connectivity index (χ4v) is 4.63. The van der Waals surface area contributed by atoms with Gasteiger partial charge in [-0.15, -0.1) is 0 Å². The van der Waals surface area contributed by atoms with Gasteiger partial charge in [0.1, 0.15) is 4.90 Å². The van der Waals surface area contributed by atoms with Gasteiger partial charge in [-0.05, 0) is 70.0 Å². The van der Waals surface area contributed by atoms with Crippen LogP contribution in [0.4, 0.5) is 29.3 Å². The molecule has 3 rings (SSSR count). The highest BCUT2D eigenvalue weighted by Crippen LogP contribution is 2.34. The summed E-state index contributed by atoms with van der Waals surface area (Å²) in [5.74, 6) is 0. The standard InChI is InChI=1S/C20H16BrF3N4O3S/c21-17-8-3-14(20(22,23)24)10-18(17)32(30,31)28-16-6-4-15(5-7-16)27-19(29)26-12-13-2-1-9-25-11-13/h1-11,28H,12H2,(H2,26,27,29). The number of carbonyl (C=O) groups is 1. The minimum absolute atomic E-state index is 0.0124. The van der Waals surface area contributed by atoms with Crippen LogP contribution in [0, 0.1) is 0 Å². The number of nitrogens with one attached hydrogen (secondary N) is 3. The van der Waals surface area contributed by atoms with Crippen molar-refractivity contribution in [3.63, 3.8) is 0 Å². The van der Waals surface area contributed by atoms with E-state index in [-0.39, 0.29) is 16.7 Å². The number of amides is 2. The largest absolute Gasteiger partial charge is 0.416 e. The molecule has 0 saturated heterocycles. The van der Waals surface area contributed by atoms with E-state index in [0.29, 0.717) is 11.8 Å². The lowest BCUT2D eigenvalue weighted by atomic mass is 10.2. The number of hydrogen-bond acceptors (Lipinski definition) is 4. The van der Waals surface area contributed by atoms with Gasteiger partial charge in [0.25, 0.3) is 10.0 Å². The summed E-state index contributed by atoms with van der Waals surface area (Å²) in [7, 11) is -4.30. The number of hydrogen-bond donors (Lipinski definition) is 3.